The molecule has 2 nitrogen and oxygen atoms in total. The summed E-state index contributed by atoms with van der Waals surface area (Å²) >= 11 is 1.81. The lowest BCUT2D eigenvalue weighted by Gasteiger charge is -2.22. The van der Waals surface area contributed by atoms with Gasteiger partial charge in [0.2, 0.25) is 0 Å². The van der Waals surface area contributed by atoms with Crippen LogP contribution in [0, 0.1) is 5.92 Å². The van der Waals surface area contributed by atoms with Crippen molar-refractivity contribution in [2.75, 3.05) is 7.11 Å². The largest absolute Gasteiger partial charge is 0.496 e. The molecule has 0 aliphatic carbocycles. The van der Waals surface area contributed by atoms with E-state index in [1.54, 1.807) is 7.11 Å². The zero-order valence-electron chi connectivity index (χ0n) is 11.7. The Labute approximate surface area is 119 Å². The van der Waals surface area contributed by atoms with Gasteiger partial charge in [-0.25, -0.2) is 0 Å². The van der Waals surface area contributed by atoms with Crippen LogP contribution in [0.2, 0.25) is 0 Å². The van der Waals surface area contributed by atoms with Crippen LogP contribution in [0.4, 0.5) is 0 Å². The number of ether oxygens (including phenoxy) is 1. The molecule has 102 valence electrons. The van der Waals surface area contributed by atoms with Crippen LogP contribution in [0.5, 0.6) is 5.75 Å². The van der Waals surface area contributed by atoms with Gasteiger partial charge in [-0.1, -0.05) is 38.1 Å². The van der Waals surface area contributed by atoms with Gasteiger partial charge in [0.05, 0.1) is 7.11 Å². The zero-order valence-corrected chi connectivity index (χ0v) is 12.5. The minimum Gasteiger partial charge on any atom is -0.496 e. The molecular formula is C16H21NOS. The monoisotopic (exact) mass is 275 g/mol. The molecule has 1 N–H and O–H groups in total. The third-order valence-corrected chi connectivity index (χ3v) is 4.18. The molecule has 0 saturated carbocycles. The van der Waals surface area contributed by atoms with Crippen molar-refractivity contribution in [3.05, 3.63) is 52.2 Å². The summed E-state index contributed by atoms with van der Waals surface area (Å²) in [5.74, 6) is 1.51. The van der Waals surface area contributed by atoms with Gasteiger partial charge in [-0.05, 0) is 23.4 Å². The molecule has 0 saturated heterocycles. The number of benzene rings is 1. The van der Waals surface area contributed by atoms with Gasteiger partial charge < -0.3 is 10.1 Å². The standard InChI is InChI=1S/C16H21NOS/c1-12(2)16(15-9-6-10-19-15)17-11-13-7-4-5-8-14(13)18-3/h4-10,12,16-17H,11H2,1-3H3. The molecule has 1 aromatic carbocycles. The maximum atomic E-state index is 5.39. The molecule has 2 aromatic rings. The molecule has 1 heterocycles. The van der Waals surface area contributed by atoms with Crippen LogP contribution in [-0.4, -0.2) is 7.11 Å². The highest BCUT2D eigenvalue weighted by Crippen LogP contribution is 2.27. The SMILES string of the molecule is COc1ccccc1CNC(c1cccs1)C(C)C. The first-order valence-electron chi connectivity index (χ1n) is 6.61. The lowest BCUT2D eigenvalue weighted by molar-refractivity contribution is 0.391. The molecule has 2 rings (SSSR count). The van der Waals surface area contributed by atoms with Crippen molar-refractivity contribution in [3.63, 3.8) is 0 Å². The van der Waals surface area contributed by atoms with E-state index in [9.17, 15) is 0 Å². The van der Waals surface area contributed by atoms with Crippen LogP contribution >= 0.6 is 11.3 Å². The topological polar surface area (TPSA) is 21.3 Å². The normalized spacial score (nSPS) is 12.6. The minimum atomic E-state index is 0.393. The quantitative estimate of drug-likeness (QED) is 0.851. The third-order valence-electron chi connectivity index (χ3n) is 3.22. The number of methoxy groups -OCH3 is 1. The van der Waals surface area contributed by atoms with E-state index in [2.05, 4.69) is 48.8 Å². The average Bonchev–Trinajstić information content (AvgIpc) is 2.93. The van der Waals surface area contributed by atoms with Crippen molar-refractivity contribution >= 4 is 11.3 Å². The Kier molecular flexibility index (Phi) is 5.00. The Hall–Kier alpha value is -1.32. The molecule has 0 amide bonds. The molecular weight excluding hydrogens is 254 g/mol. The van der Waals surface area contributed by atoms with Gasteiger partial charge in [0.15, 0.2) is 0 Å². The summed E-state index contributed by atoms with van der Waals surface area (Å²) in [6, 6.07) is 12.9. The van der Waals surface area contributed by atoms with E-state index in [4.69, 9.17) is 4.74 Å². The fourth-order valence-electron chi connectivity index (χ4n) is 2.20. The Morgan fingerprint density at radius 2 is 1.95 bits per heavy atom. The van der Waals surface area contributed by atoms with Crippen LogP contribution < -0.4 is 10.1 Å². The van der Waals surface area contributed by atoms with E-state index >= 15 is 0 Å². The van der Waals surface area contributed by atoms with Crippen molar-refractivity contribution in [3.8, 4) is 5.75 Å². The highest BCUT2D eigenvalue weighted by Gasteiger charge is 2.16. The van der Waals surface area contributed by atoms with Gasteiger partial charge in [-0.2, -0.15) is 0 Å². The van der Waals surface area contributed by atoms with Crippen LogP contribution in [0.25, 0.3) is 0 Å². The third kappa shape index (κ3) is 3.58. The van der Waals surface area contributed by atoms with E-state index in [1.807, 2.05) is 23.5 Å². The first-order valence-corrected chi connectivity index (χ1v) is 7.49. The Morgan fingerprint density at radius 3 is 2.58 bits per heavy atom. The molecule has 3 heteroatoms. The van der Waals surface area contributed by atoms with Gasteiger partial charge >= 0.3 is 0 Å². The number of thiophene rings is 1. The van der Waals surface area contributed by atoms with Crippen LogP contribution in [0.15, 0.2) is 41.8 Å². The van der Waals surface area contributed by atoms with Crippen molar-refractivity contribution in [1.82, 2.24) is 5.32 Å². The Morgan fingerprint density at radius 1 is 1.16 bits per heavy atom. The number of rotatable bonds is 6. The molecule has 0 radical (unpaired) electrons. The molecule has 0 aliphatic rings. The first-order chi connectivity index (χ1) is 9.22. The molecule has 1 unspecified atom stereocenters. The van der Waals surface area contributed by atoms with Crippen LogP contribution in [-0.2, 0) is 6.54 Å². The summed E-state index contributed by atoms with van der Waals surface area (Å²) in [4.78, 5) is 1.39. The smallest absolute Gasteiger partial charge is 0.123 e. The van der Waals surface area contributed by atoms with Gasteiger partial charge in [0, 0.05) is 23.0 Å². The molecule has 1 aromatic heterocycles. The van der Waals surface area contributed by atoms with E-state index in [-0.39, 0.29) is 0 Å². The fourth-order valence-corrected chi connectivity index (χ4v) is 3.18. The average molecular weight is 275 g/mol. The van der Waals surface area contributed by atoms with Crippen LogP contribution in [0.1, 0.15) is 30.3 Å². The predicted octanol–water partition coefficient (Wildman–Crippen LogP) is 4.24. The van der Waals surface area contributed by atoms with Gasteiger partial charge in [0.25, 0.3) is 0 Å². The maximum Gasteiger partial charge on any atom is 0.123 e. The van der Waals surface area contributed by atoms with Gasteiger partial charge in [-0.3, -0.25) is 0 Å². The van der Waals surface area contributed by atoms with Crippen LogP contribution in [0.3, 0.4) is 0 Å². The van der Waals surface area contributed by atoms with Gasteiger partial charge in [-0.15, -0.1) is 11.3 Å². The number of nitrogens with one attached hydrogen (secondary N) is 1. The van der Waals surface area contributed by atoms with E-state index in [1.165, 1.54) is 10.4 Å². The minimum absolute atomic E-state index is 0.393. The second-order valence-electron chi connectivity index (χ2n) is 4.93. The Bertz CT molecular complexity index is 493. The molecule has 0 spiro atoms. The lowest BCUT2D eigenvalue weighted by atomic mass is 10.0. The molecule has 0 aliphatic heterocycles. The summed E-state index contributed by atoms with van der Waals surface area (Å²) in [6.45, 7) is 5.32. The van der Waals surface area contributed by atoms with E-state index in [0.717, 1.165) is 12.3 Å². The zero-order chi connectivity index (χ0) is 13.7. The molecule has 1 atom stereocenters. The van der Waals surface area contributed by atoms with Crippen molar-refractivity contribution < 1.29 is 4.74 Å². The highest BCUT2D eigenvalue weighted by atomic mass is 32.1. The summed E-state index contributed by atoms with van der Waals surface area (Å²) in [6.07, 6.45) is 0. The fraction of sp³-hybridized carbons (Fsp3) is 0.375. The molecule has 19 heavy (non-hydrogen) atoms. The summed E-state index contributed by atoms with van der Waals surface area (Å²) in [5, 5.41) is 5.78. The highest BCUT2D eigenvalue weighted by molar-refractivity contribution is 7.10. The van der Waals surface area contributed by atoms with Crippen molar-refractivity contribution in [1.29, 1.82) is 0 Å². The van der Waals surface area contributed by atoms with E-state index in [0.29, 0.717) is 12.0 Å². The lowest BCUT2D eigenvalue weighted by Crippen LogP contribution is -2.24. The van der Waals surface area contributed by atoms with Gasteiger partial charge in [0.1, 0.15) is 5.75 Å². The summed E-state index contributed by atoms with van der Waals surface area (Å²) in [7, 11) is 1.72. The van der Waals surface area contributed by atoms with Crippen molar-refractivity contribution in [2.45, 2.75) is 26.4 Å². The molecule has 0 fully saturated rings. The first kappa shape index (κ1) is 14.1. The number of hydrogen-bond donors (Lipinski definition) is 1. The number of para-hydroxylation sites is 1. The van der Waals surface area contributed by atoms with Crippen molar-refractivity contribution in [2.24, 2.45) is 5.92 Å². The summed E-state index contributed by atoms with van der Waals surface area (Å²) in [5.41, 5.74) is 1.20. The Balaban J connectivity index is 2.07. The second-order valence-corrected chi connectivity index (χ2v) is 5.91. The number of hydrogen-bond acceptors (Lipinski definition) is 3. The second kappa shape index (κ2) is 6.73. The molecule has 0 bridgehead atoms. The predicted molar refractivity (Wildman–Crippen MR) is 81.7 cm³/mol. The van der Waals surface area contributed by atoms with E-state index < -0.39 is 0 Å². The summed E-state index contributed by atoms with van der Waals surface area (Å²) < 4.78 is 5.39. The maximum absolute atomic E-state index is 5.39.